The van der Waals surface area contributed by atoms with Crippen LogP contribution < -0.4 is 19.1 Å². The number of esters is 1. The van der Waals surface area contributed by atoms with Crippen LogP contribution in [0.1, 0.15) is 22.8 Å². The molecule has 0 radical (unpaired) electrons. The van der Waals surface area contributed by atoms with Gasteiger partial charge < -0.3 is 14.8 Å². The molecule has 2 rings (SSSR count). The quantitative estimate of drug-likeness (QED) is 0.746. The van der Waals surface area contributed by atoms with Gasteiger partial charge >= 0.3 is 5.97 Å². The van der Waals surface area contributed by atoms with E-state index in [0.717, 1.165) is 10.6 Å². The van der Waals surface area contributed by atoms with Crippen LogP contribution in [0.2, 0.25) is 0 Å². The van der Waals surface area contributed by atoms with Crippen LogP contribution in [0.4, 0.5) is 5.82 Å². The molecule has 0 bridgehead atoms. The van der Waals surface area contributed by atoms with Crippen molar-refractivity contribution >= 4 is 27.7 Å². The van der Waals surface area contributed by atoms with Crippen LogP contribution in [-0.2, 0) is 21.2 Å². The number of sulfonamides is 1. The summed E-state index contributed by atoms with van der Waals surface area (Å²) in [4.78, 5) is 27.6. The molecule has 0 atom stereocenters. The molecule has 0 unspecified atom stereocenters. The molecule has 1 N–H and O–H groups in total. The van der Waals surface area contributed by atoms with Gasteiger partial charge in [0.15, 0.2) is 5.75 Å². The average molecular weight is 343 g/mol. The first-order valence-corrected chi connectivity index (χ1v) is 8.53. The molecule has 0 fully saturated rings. The Bertz CT molecular complexity index is 774. The van der Waals surface area contributed by atoms with E-state index in [0.29, 0.717) is 18.5 Å². The minimum absolute atomic E-state index is 0.00180. The van der Waals surface area contributed by atoms with Crippen LogP contribution in [0, 0.1) is 0 Å². The van der Waals surface area contributed by atoms with Crippen molar-refractivity contribution in [3.8, 4) is 11.6 Å². The lowest BCUT2D eigenvalue weighted by atomic mass is 10.0. The number of fused-ring (bicyclic) bond motifs is 1. The Morgan fingerprint density at radius 1 is 1.39 bits per heavy atom. The molecule has 126 valence electrons. The number of methoxy groups -OCH3 is 1. The van der Waals surface area contributed by atoms with Crippen LogP contribution in [0.3, 0.4) is 0 Å². The van der Waals surface area contributed by atoms with Gasteiger partial charge in [0.05, 0.1) is 18.9 Å². The van der Waals surface area contributed by atoms with E-state index in [1.165, 1.54) is 21.1 Å². The lowest BCUT2D eigenvalue weighted by molar-refractivity contribution is -0.132. The smallest absolute Gasteiger partial charge is 0.309 e. The van der Waals surface area contributed by atoms with E-state index < -0.39 is 21.9 Å². The number of nitrogens with one attached hydrogen (secondary N) is 1. The second kappa shape index (κ2) is 6.03. The Kier molecular flexibility index (Phi) is 4.46. The number of hydrogen-bond donors (Lipinski definition) is 1. The predicted octanol–water partition coefficient (Wildman–Crippen LogP) is -0.303. The standard InChI is InChI=1S/C13H17N3O6S/c1-7(17)22-13-10(21-3)9-8(5-6-14-12(9)18)11(15-13)16(2)23(4,19)20/h5-6H2,1-4H3,(H,14,18). The van der Waals surface area contributed by atoms with Gasteiger partial charge in [0.1, 0.15) is 5.82 Å². The Labute approximate surface area is 133 Å². The zero-order valence-corrected chi connectivity index (χ0v) is 14.0. The van der Waals surface area contributed by atoms with Gasteiger partial charge in [-0.3, -0.25) is 13.9 Å². The van der Waals surface area contributed by atoms with Gasteiger partial charge in [0.25, 0.3) is 11.8 Å². The number of amides is 1. The monoisotopic (exact) mass is 343 g/mol. The third kappa shape index (κ3) is 3.21. The van der Waals surface area contributed by atoms with E-state index in [9.17, 15) is 18.0 Å². The third-order valence-electron chi connectivity index (χ3n) is 3.33. The van der Waals surface area contributed by atoms with E-state index in [-0.39, 0.29) is 23.0 Å². The molecule has 0 saturated heterocycles. The van der Waals surface area contributed by atoms with Crippen molar-refractivity contribution in [2.24, 2.45) is 0 Å². The first-order chi connectivity index (χ1) is 10.7. The number of nitrogens with zero attached hydrogens (tertiary/aromatic N) is 2. The third-order valence-corrected chi connectivity index (χ3v) is 4.50. The van der Waals surface area contributed by atoms with Gasteiger partial charge in [-0.25, -0.2) is 8.42 Å². The topological polar surface area (TPSA) is 115 Å². The fraction of sp³-hybridized carbons (Fsp3) is 0.462. The zero-order valence-electron chi connectivity index (χ0n) is 13.2. The Hall–Kier alpha value is -2.36. The molecule has 0 aromatic carbocycles. The molecule has 0 saturated carbocycles. The number of carbonyl (C=O) groups is 2. The highest BCUT2D eigenvalue weighted by Crippen LogP contribution is 2.38. The second-order valence-corrected chi connectivity index (χ2v) is 6.97. The van der Waals surface area contributed by atoms with Gasteiger partial charge in [0, 0.05) is 26.1 Å². The SMILES string of the molecule is COc1c(OC(C)=O)nc(N(C)S(C)(=O)=O)c2c1C(=O)NCC2. The molecule has 1 amide bonds. The lowest BCUT2D eigenvalue weighted by Crippen LogP contribution is -2.35. The van der Waals surface area contributed by atoms with Crippen molar-refractivity contribution in [3.05, 3.63) is 11.1 Å². The largest absolute Gasteiger partial charge is 0.491 e. The molecule has 1 aliphatic rings. The minimum atomic E-state index is -3.61. The van der Waals surface area contributed by atoms with E-state index >= 15 is 0 Å². The molecule has 1 aliphatic heterocycles. The van der Waals surface area contributed by atoms with Crippen LogP contribution >= 0.6 is 0 Å². The van der Waals surface area contributed by atoms with Gasteiger partial charge in [-0.05, 0) is 6.42 Å². The van der Waals surface area contributed by atoms with Crippen LogP contribution in [0.15, 0.2) is 0 Å². The van der Waals surface area contributed by atoms with Crippen molar-refractivity contribution < 1.29 is 27.5 Å². The van der Waals surface area contributed by atoms with Crippen molar-refractivity contribution in [1.29, 1.82) is 0 Å². The first kappa shape index (κ1) is 17.0. The normalized spacial score (nSPS) is 13.8. The van der Waals surface area contributed by atoms with E-state index in [4.69, 9.17) is 9.47 Å². The Balaban J connectivity index is 2.79. The highest BCUT2D eigenvalue weighted by Gasteiger charge is 2.32. The molecule has 1 aromatic rings. The van der Waals surface area contributed by atoms with Gasteiger partial charge in [-0.15, -0.1) is 0 Å². The van der Waals surface area contributed by atoms with Gasteiger partial charge in [-0.2, -0.15) is 4.98 Å². The number of ether oxygens (including phenoxy) is 2. The minimum Gasteiger partial charge on any atom is -0.491 e. The Morgan fingerprint density at radius 3 is 2.57 bits per heavy atom. The summed E-state index contributed by atoms with van der Waals surface area (Å²) in [6, 6.07) is 0. The molecule has 2 heterocycles. The molecule has 0 spiro atoms. The summed E-state index contributed by atoms with van der Waals surface area (Å²) in [5.74, 6) is -1.32. The molecule has 23 heavy (non-hydrogen) atoms. The van der Waals surface area contributed by atoms with Gasteiger partial charge in [-0.1, -0.05) is 0 Å². The maximum Gasteiger partial charge on any atom is 0.309 e. The van der Waals surface area contributed by atoms with Crippen LogP contribution in [-0.4, -0.2) is 52.2 Å². The molecule has 1 aromatic heterocycles. The van der Waals surface area contributed by atoms with Crippen molar-refractivity contribution in [3.63, 3.8) is 0 Å². The predicted molar refractivity (Wildman–Crippen MR) is 81.4 cm³/mol. The second-order valence-electron chi connectivity index (χ2n) is 4.96. The number of anilines is 1. The van der Waals surface area contributed by atoms with E-state index in [2.05, 4.69) is 10.3 Å². The van der Waals surface area contributed by atoms with Crippen molar-refractivity contribution in [2.75, 3.05) is 31.3 Å². The van der Waals surface area contributed by atoms with Crippen molar-refractivity contribution in [2.45, 2.75) is 13.3 Å². The summed E-state index contributed by atoms with van der Waals surface area (Å²) in [7, 11) is -0.988. The maximum absolute atomic E-state index is 12.2. The number of aromatic nitrogens is 1. The summed E-state index contributed by atoms with van der Waals surface area (Å²) < 4.78 is 34.8. The zero-order chi connectivity index (χ0) is 17.4. The molecule has 9 nitrogen and oxygen atoms in total. The van der Waals surface area contributed by atoms with Crippen molar-refractivity contribution in [1.82, 2.24) is 10.3 Å². The van der Waals surface area contributed by atoms with E-state index in [1.54, 1.807) is 0 Å². The number of rotatable bonds is 4. The average Bonchev–Trinajstić information content (AvgIpc) is 2.44. The summed E-state index contributed by atoms with van der Waals surface area (Å²) in [6.45, 7) is 1.51. The fourth-order valence-corrected chi connectivity index (χ4v) is 2.71. The number of pyridine rings is 1. The maximum atomic E-state index is 12.2. The summed E-state index contributed by atoms with van der Waals surface area (Å²) >= 11 is 0. The first-order valence-electron chi connectivity index (χ1n) is 6.68. The summed E-state index contributed by atoms with van der Waals surface area (Å²) in [5, 5.41) is 2.64. The van der Waals surface area contributed by atoms with Gasteiger partial charge in [0.2, 0.25) is 10.0 Å². The molecule has 0 aliphatic carbocycles. The summed E-state index contributed by atoms with van der Waals surface area (Å²) in [6.07, 6.45) is 1.39. The molecular formula is C13H17N3O6S. The highest BCUT2D eigenvalue weighted by atomic mass is 32.2. The highest BCUT2D eigenvalue weighted by molar-refractivity contribution is 7.92. The van der Waals surface area contributed by atoms with Crippen LogP contribution in [0.5, 0.6) is 11.6 Å². The molecular weight excluding hydrogens is 326 g/mol. The summed E-state index contributed by atoms with van der Waals surface area (Å²) in [5.41, 5.74) is 0.546. The number of hydrogen-bond acceptors (Lipinski definition) is 7. The van der Waals surface area contributed by atoms with Crippen LogP contribution in [0.25, 0.3) is 0 Å². The molecule has 10 heteroatoms. The Morgan fingerprint density at radius 2 is 2.04 bits per heavy atom. The number of carbonyl (C=O) groups excluding carboxylic acids is 2. The lowest BCUT2D eigenvalue weighted by Gasteiger charge is -2.26. The van der Waals surface area contributed by atoms with E-state index in [1.807, 2.05) is 0 Å². The fourth-order valence-electron chi connectivity index (χ4n) is 2.25.